The van der Waals surface area contributed by atoms with Crippen molar-refractivity contribution in [3.05, 3.63) is 29.2 Å². The van der Waals surface area contributed by atoms with Gasteiger partial charge in [0.1, 0.15) is 17.1 Å². The molecule has 0 spiro atoms. The van der Waals surface area contributed by atoms with E-state index in [4.69, 9.17) is 4.42 Å². The summed E-state index contributed by atoms with van der Waals surface area (Å²) in [5.41, 5.74) is 0.616. The molecule has 126 valence electrons. The fourth-order valence-electron chi connectivity index (χ4n) is 3.01. The number of hydrogen-bond acceptors (Lipinski definition) is 6. The van der Waals surface area contributed by atoms with E-state index in [-0.39, 0.29) is 6.04 Å². The molecular weight excluding hydrogens is 294 g/mol. The molecule has 0 aromatic carbocycles. The monoisotopic (exact) mass is 319 g/mol. The number of likely N-dealkylation sites (tertiary alicyclic amines) is 1. The van der Waals surface area contributed by atoms with Gasteiger partial charge in [-0.1, -0.05) is 5.21 Å². The summed E-state index contributed by atoms with van der Waals surface area (Å²) < 4.78 is 7.44. The Labute approximate surface area is 136 Å². The van der Waals surface area contributed by atoms with Crippen molar-refractivity contribution in [1.82, 2.24) is 24.9 Å². The average molecular weight is 319 g/mol. The lowest BCUT2D eigenvalue weighted by atomic mass is 9.90. The van der Waals surface area contributed by atoms with Crippen molar-refractivity contribution in [2.45, 2.75) is 58.7 Å². The Kier molecular flexibility index (Phi) is 4.25. The SMILES string of the molecule is Cc1nc(CN2CCCC(O)(c3cn(C(C)C)nn3)C2)oc1C. The van der Waals surface area contributed by atoms with Crippen LogP contribution in [0.3, 0.4) is 0 Å². The van der Waals surface area contributed by atoms with Crippen LogP contribution in [0.1, 0.15) is 55.8 Å². The second-order valence-corrected chi connectivity index (χ2v) is 6.77. The van der Waals surface area contributed by atoms with Crippen LogP contribution in [0, 0.1) is 13.8 Å². The van der Waals surface area contributed by atoms with Gasteiger partial charge in [0.15, 0.2) is 0 Å². The minimum absolute atomic E-state index is 0.234. The van der Waals surface area contributed by atoms with E-state index in [1.165, 1.54) is 0 Å². The van der Waals surface area contributed by atoms with E-state index in [2.05, 4.69) is 20.2 Å². The minimum atomic E-state index is -0.956. The van der Waals surface area contributed by atoms with Crippen molar-refractivity contribution < 1.29 is 9.52 Å². The molecule has 0 aliphatic carbocycles. The van der Waals surface area contributed by atoms with Crippen LogP contribution in [0.5, 0.6) is 0 Å². The maximum Gasteiger partial charge on any atom is 0.208 e. The number of piperidine rings is 1. The Bertz CT molecular complexity index is 658. The molecule has 1 saturated heterocycles. The van der Waals surface area contributed by atoms with Crippen LogP contribution in [0.15, 0.2) is 10.6 Å². The van der Waals surface area contributed by atoms with Crippen molar-refractivity contribution >= 4 is 0 Å². The maximum absolute atomic E-state index is 11.0. The highest BCUT2D eigenvalue weighted by Gasteiger charge is 2.38. The van der Waals surface area contributed by atoms with E-state index in [1.54, 1.807) is 4.68 Å². The first kappa shape index (κ1) is 16.1. The summed E-state index contributed by atoms with van der Waals surface area (Å²) in [4.78, 5) is 6.60. The van der Waals surface area contributed by atoms with Gasteiger partial charge >= 0.3 is 0 Å². The normalized spacial score (nSPS) is 22.9. The number of rotatable bonds is 4. The molecule has 7 heteroatoms. The molecule has 0 bridgehead atoms. The smallest absolute Gasteiger partial charge is 0.208 e. The first-order chi connectivity index (χ1) is 10.9. The predicted molar refractivity (Wildman–Crippen MR) is 84.8 cm³/mol. The number of β-amino-alcohol motifs (C(OH)–C–C–N with tert-alkyl or cyclic N) is 1. The molecule has 1 fully saturated rings. The predicted octanol–water partition coefficient (Wildman–Crippen LogP) is 1.95. The van der Waals surface area contributed by atoms with Gasteiger partial charge in [-0.25, -0.2) is 9.67 Å². The van der Waals surface area contributed by atoms with E-state index >= 15 is 0 Å². The summed E-state index contributed by atoms with van der Waals surface area (Å²) in [5, 5.41) is 19.3. The molecule has 0 amide bonds. The number of aliphatic hydroxyl groups is 1. The average Bonchev–Trinajstić information content (AvgIpc) is 3.07. The van der Waals surface area contributed by atoms with E-state index in [9.17, 15) is 5.11 Å². The van der Waals surface area contributed by atoms with Crippen molar-refractivity contribution in [2.24, 2.45) is 0 Å². The summed E-state index contributed by atoms with van der Waals surface area (Å²) in [7, 11) is 0. The highest BCUT2D eigenvalue weighted by Crippen LogP contribution is 2.31. The van der Waals surface area contributed by atoms with E-state index in [0.29, 0.717) is 31.1 Å². The van der Waals surface area contributed by atoms with Crippen LogP contribution < -0.4 is 0 Å². The Morgan fingerprint density at radius 1 is 1.39 bits per heavy atom. The Balaban J connectivity index is 1.73. The molecule has 3 heterocycles. The molecule has 1 N–H and O–H groups in total. The number of hydrogen-bond donors (Lipinski definition) is 1. The van der Waals surface area contributed by atoms with Gasteiger partial charge in [-0.05, 0) is 47.1 Å². The summed E-state index contributed by atoms with van der Waals surface area (Å²) in [6.45, 7) is 9.99. The van der Waals surface area contributed by atoms with Gasteiger partial charge in [0.2, 0.25) is 5.89 Å². The van der Waals surface area contributed by atoms with Crippen LogP contribution in [-0.2, 0) is 12.1 Å². The minimum Gasteiger partial charge on any atom is -0.444 e. The van der Waals surface area contributed by atoms with Crippen LogP contribution in [0.2, 0.25) is 0 Å². The van der Waals surface area contributed by atoms with Crippen LogP contribution >= 0.6 is 0 Å². The standard InChI is InChI=1S/C16H25N5O2/c1-11(2)21-8-14(18-19-21)16(22)6-5-7-20(10-16)9-15-17-12(3)13(4)23-15/h8,11,22H,5-7,9-10H2,1-4H3. The Morgan fingerprint density at radius 3 is 2.78 bits per heavy atom. The molecule has 1 aliphatic heterocycles. The van der Waals surface area contributed by atoms with Crippen LogP contribution in [-0.4, -0.2) is 43.1 Å². The van der Waals surface area contributed by atoms with Gasteiger partial charge in [0.25, 0.3) is 0 Å². The quantitative estimate of drug-likeness (QED) is 0.928. The molecular formula is C16H25N5O2. The molecule has 7 nitrogen and oxygen atoms in total. The third kappa shape index (κ3) is 3.30. The molecule has 2 aromatic rings. The zero-order valence-corrected chi connectivity index (χ0v) is 14.3. The Hall–Kier alpha value is -1.73. The summed E-state index contributed by atoms with van der Waals surface area (Å²) in [5.74, 6) is 1.56. The Morgan fingerprint density at radius 2 is 2.17 bits per heavy atom. The van der Waals surface area contributed by atoms with E-state index in [1.807, 2.05) is 33.9 Å². The second-order valence-electron chi connectivity index (χ2n) is 6.77. The van der Waals surface area contributed by atoms with Gasteiger partial charge in [-0.15, -0.1) is 5.10 Å². The number of oxazole rings is 1. The first-order valence-electron chi connectivity index (χ1n) is 8.17. The zero-order valence-electron chi connectivity index (χ0n) is 14.3. The molecule has 0 radical (unpaired) electrons. The van der Waals surface area contributed by atoms with Crippen molar-refractivity contribution in [2.75, 3.05) is 13.1 Å². The summed E-state index contributed by atoms with van der Waals surface area (Å²) in [6.07, 6.45) is 3.46. The first-order valence-corrected chi connectivity index (χ1v) is 8.17. The topological polar surface area (TPSA) is 80.2 Å². The van der Waals surface area contributed by atoms with Crippen molar-refractivity contribution in [1.29, 1.82) is 0 Å². The molecule has 1 unspecified atom stereocenters. The molecule has 1 atom stereocenters. The van der Waals surface area contributed by atoms with E-state index < -0.39 is 5.60 Å². The largest absolute Gasteiger partial charge is 0.444 e. The summed E-state index contributed by atoms with van der Waals surface area (Å²) in [6, 6.07) is 0.234. The molecule has 3 rings (SSSR count). The zero-order chi connectivity index (χ0) is 16.6. The van der Waals surface area contributed by atoms with Crippen LogP contribution in [0.4, 0.5) is 0 Å². The van der Waals surface area contributed by atoms with Gasteiger partial charge in [-0.2, -0.15) is 0 Å². The van der Waals surface area contributed by atoms with Gasteiger partial charge in [0.05, 0.1) is 18.4 Å². The highest BCUT2D eigenvalue weighted by atomic mass is 16.4. The third-order valence-electron chi connectivity index (χ3n) is 4.50. The lowest BCUT2D eigenvalue weighted by molar-refractivity contribution is -0.0433. The van der Waals surface area contributed by atoms with Gasteiger partial charge in [-0.3, -0.25) is 4.90 Å². The lowest BCUT2D eigenvalue weighted by Crippen LogP contribution is -2.46. The molecule has 0 saturated carbocycles. The maximum atomic E-state index is 11.0. The number of aromatic nitrogens is 4. The van der Waals surface area contributed by atoms with Crippen molar-refractivity contribution in [3.63, 3.8) is 0 Å². The molecule has 1 aliphatic rings. The van der Waals surface area contributed by atoms with Gasteiger partial charge < -0.3 is 9.52 Å². The van der Waals surface area contributed by atoms with Crippen molar-refractivity contribution in [3.8, 4) is 0 Å². The fourth-order valence-corrected chi connectivity index (χ4v) is 3.01. The number of nitrogens with zero attached hydrogens (tertiary/aromatic N) is 5. The highest BCUT2D eigenvalue weighted by molar-refractivity contribution is 5.10. The fraction of sp³-hybridized carbons (Fsp3) is 0.688. The third-order valence-corrected chi connectivity index (χ3v) is 4.50. The summed E-state index contributed by atoms with van der Waals surface area (Å²) >= 11 is 0. The molecule has 23 heavy (non-hydrogen) atoms. The number of aryl methyl sites for hydroxylation is 2. The second kappa shape index (κ2) is 6.05. The van der Waals surface area contributed by atoms with Gasteiger partial charge in [0, 0.05) is 12.6 Å². The lowest BCUT2D eigenvalue weighted by Gasteiger charge is -2.37. The van der Waals surface area contributed by atoms with Crippen LogP contribution in [0.25, 0.3) is 0 Å². The molecule has 2 aromatic heterocycles. The van der Waals surface area contributed by atoms with E-state index in [0.717, 1.165) is 24.4 Å².